The molecular formula is C11H12N4O. The Morgan fingerprint density at radius 1 is 1.06 bits per heavy atom. The molecule has 0 bridgehead atoms. The maximum Gasteiger partial charge on any atom is 0.227 e. The lowest BCUT2D eigenvalue weighted by Gasteiger charge is -2.04. The van der Waals surface area contributed by atoms with Crippen molar-refractivity contribution < 1.29 is 4.74 Å². The standard InChI is InChI=1S/C11H12N4O/c1-8-5-13-11(14-6-8)15-9-3-4-10(16-2)12-7-9/h3-7H,1-2H3,(H,13,14,15). The Bertz CT molecular complexity index is 452. The van der Waals surface area contributed by atoms with E-state index in [9.17, 15) is 0 Å². The van der Waals surface area contributed by atoms with Gasteiger partial charge in [0, 0.05) is 18.5 Å². The molecule has 16 heavy (non-hydrogen) atoms. The van der Waals surface area contributed by atoms with Gasteiger partial charge in [-0.25, -0.2) is 15.0 Å². The van der Waals surface area contributed by atoms with Gasteiger partial charge in [-0.05, 0) is 18.6 Å². The van der Waals surface area contributed by atoms with E-state index in [1.807, 2.05) is 13.0 Å². The van der Waals surface area contributed by atoms with Crippen LogP contribution in [0.5, 0.6) is 5.88 Å². The molecule has 5 nitrogen and oxygen atoms in total. The van der Waals surface area contributed by atoms with Gasteiger partial charge in [-0.2, -0.15) is 0 Å². The molecule has 2 aromatic heterocycles. The van der Waals surface area contributed by atoms with Crippen LogP contribution in [0.1, 0.15) is 5.56 Å². The van der Waals surface area contributed by atoms with Crippen molar-refractivity contribution in [2.75, 3.05) is 12.4 Å². The maximum absolute atomic E-state index is 4.96. The molecular weight excluding hydrogens is 204 g/mol. The van der Waals surface area contributed by atoms with Crippen molar-refractivity contribution >= 4 is 11.6 Å². The number of nitrogens with one attached hydrogen (secondary N) is 1. The van der Waals surface area contributed by atoms with Crippen molar-refractivity contribution in [2.45, 2.75) is 6.92 Å². The monoisotopic (exact) mass is 216 g/mol. The molecule has 0 aromatic carbocycles. The zero-order chi connectivity index (χ0) is 11.4. The molecule has 0 fully saturated rings. The predicted octanol–water partition coefficient (Wildman–Crippen LogP) is 1.93. The van der Waals surface area contributed by atoms with Crippen LogP contribution in [0.4, 0.5) is 11.6 Å². The summed E-state index contributed by atoms with van der Waals surface area (Å²) < 4.78 is 4.96. The summed E-state index contributed by atoms with van der Waals surface area (Å²) in [4.78, 5) is 12.3. The molecule has 0 atom stereocenters. The highest BCUT2D eigenvalue weighted by molar-refractivity contribution is 5.51. The van der Waals surface area contributed by atoms with Crippen molar-refractivity contribution in [3.05, 3.63) is 36.3 Å². The zero-order valence-corrected chi connectivity index (χ0v) is 9.14. The normalized spacial score (nSPS) is 9.88. The maximum atomic E-state index is 4.96. The minimum absolute atomic E-state index is 0.553. The molecule has 0 aliphatic carbocycles. The highest BCUT2D eigenvalue weighted by Gasteiger charge is 1.98. The SMILES string of the molecule is COc1ccc(Nc2ncc(C)cn2)cn1. The van der Waals surface area contributed by atoms with Crippen molar-refractivity contribution in [1.82, 2.24) is 15.0 Å². The number of aryl methyl sites for hydroxylation is 1. The molecule has 0 spiro atoms. The molecule has 0 saturated carbocycles. The molecule has 5 heteroatoms. The molecule has 0 aliphatic rings. The van der Waals surface area contributed by atoms with Crippen LogP contribution in [0.15, 0.2) is 30.7 Å². The van der Waals surface area contributed by atoms with Crippen molar-refractivity contribution in [2.24, 2.45) is 0 Å². The minimum atomic E-state index is 0.553. The van der Waals surface area contributed by atoms with E-state index in [4.69, 9.17) is 4.74 Å². The van der Waals surface area contributed by atoms with E-state index >= 15 is 0 Å². The summed E-state index contributed by atoms with van der Waals surface area (Å²) in [5, 5.41) is 3.04. The van der Waals surface area contributed by atoms with Crippen LogP contribution in [0.25, 0.3) is 0 Å². The van der Waals surface area contributed by atoms with E-state index in [2.05, 4.69) is 20.3 Å². The van der Waals surface area contributed by atoms with Gasteiger partial charge in [0.15, 0.2) is 0 Å². The lowest BCUT2D eigenvalue weighted by molar-refractivity contribution is 0.398. The molecule has 0 saturated heterocycles. The van der Waals surface area contributed by atoms with Gasteiger partial charge in [-0.1, -0.05) is 0 Å². The first-order chi connectivity index (χ1) is 7.78. The molecule has 0 unspecified atom stereocenters. The summed E-state index contributed by atoms with van der Waals surface area (Å²) in [6, 6.07) is 3.63. The quantitative estimate of drug-likeness (QED) is 0.849. The zero-order valence-electron chi connectivity index (χ0n) is 9.14. The third-order valence-corrected chi connectivity index (χ3v) is 1.98. The Labute approximate surface area is 93.5 Å². The number of hydrogen-bond acceptors (Lipinski definition) is 5. The number of anilines is 2. The number of rotatable bonds is 3. The van der Waals surface area contributed by atoms with Gasteiger partial charge in [-0.3, -0.25) is 0 Å². The van der Waals surface area contributed by atoms with E-state index in [0.717, 1.165) is 11.3 Å². The number of hydrogen-bond donors (Lipinski definition) is 1. The lowest BCUT2D eigenvalue weighted by Crippen LogP contribution is -1.97. The summed E-state index contributed by atoms with van der Waals surface area (Å²) >= 11 is 0. The smallest absolute Gasteiger partial charge is 0.227 e. The second kappa shape index (κ2) is 4.57. The third-order valence-electron chi connectivity index (χ3n) is 1.98. The molecule has 82 valence electrons. The first kappa shape index (κ1) is 10.4. The molecule has 2 rings (SSSR count). The molecule has 2 heterocycles. The van der Waals surface area contributed by atoms with E-state index in [1.165, 1.54) is 0 Å². The fourth-order valence-corrected chi connectivity index (χ4v) is 1.16. The summed E-state index contributed by atoms with van der Waals surface area (Å²) in [6.07, 6.45) is 5.18. The second-order valence-corrected chi connectivity index (χ2v) is 3.30. The van der Waals surface area contributed by atoms with E-state index in [-0.39, 0.29) is 0 Å². The largest absolute Gasteiger partial charge is 0.481 e. The van der Waals surface area contributed by atoms with Gasteiger partial charge in [0.05, 0.1) is 19.0 Å². The third kappa shape index (κ3) is 2.44. The molecule has 2 aromatic rings. The van der Waals surface area contributed by atoms with E-state index in [0.29, 0.717) is 11.8 Å². The molecule has 0 amide bonds. The summed E-state index contributed by atoms with van der Waals surface area (Å²) in [6.45, 7) is 1.94. The number of nitrogens with zero attached hydrogens (tertiary/aromatic N) is 3. The second-order valence-electron chi connectivity index (χ2n) is 3.30. The van der Waals surface area contributed by atoms with Crippen LogP contribution in [-0.4, -0.2) is 22.1 Å². The predicted molar refractivity (Wildman–Crippen MR) is 60.8 cm³/mol. The highest BCUT2D eigenvalue weighted by atomic mass is 16.5. The lowest BCUT2D eigenvalue weighted by atomic mass is 10.4. The first-order valence-corrected chi connectivity index (χ1v) is 4.83. The molecule has 1 N–H and O–H groups in total. The highest BCUT2D eigenvalue weighted by Crippen LogP contribution is 2.14. The Kier molecular flexibility index (Phi) is 2.95. The summed E-state index contributed by atoms with van der Waals surface area (Å²) in [5.74, 6) is 1.13. The number of pyridine rings is 1. The minimum Gasteiger partial charge on any atom is -0.481 e. The topological polar surface area (TPSA) is 59.9 Å². The van der Waals surface area contributed by atoms with Crippen LogP contribution in [0.2, 0.25) is 0 Å². The average molecular weight is 216 g/mol. The Hall–Kier alpha value is -2.17. The molecule has 0 radical (unpaired) electrons. The first-order valence-electron chi connectivity index (χ1n) is 4.83. The van der Waals surface area contributed by atoms with Crippen molar-refractivity contribution in [1.29, 1.82) is 0 Å². The van der Waals surface area contributed by atoms with Gasteiger partial charge in [0.2, 0.25) is 11.8 Å². The van der Waals surface area contributed by atoms with E-state index in [1.54, 1.807) is 31.8 Å². The van der Waals surface area contributed by atoms with Gasteiger partial charge in [0.25, 0.3) is 0 Å². The Morgan fingerprint density at radius 3 is 2.38 bits per heavy atom. The van der Waals surface area contributed by atoms with Crippen LogP contribution in [-0.2, 0) is 0 Å². The van der Waals surface area contributed by atoms with Gasteiger partial charge >= 0.3 is 0 Å². The summed E-state index contributed by atoms with van der Waals surface area (Å²) in [5.41, 5.74) is 1.85. The van der Waals surface area contributed by atoms with Crippen LogP contribution in [0, 0.1) is 6.92 Å². The fourth-order valence-electron chi connectivity index (χ4n) is 1.16. The Morgan fingerprint density at radius 2 is 1.81 bits per heavy atom. The van der Waals surface area contributed by atoms with E-state index < -0.39 is 0 Å². The van der Waals surface area contributed by atoms with Crippen LogP contribution >= 0.6 is 0 Å². The fraction of sp³-hybridized carbons (Fsp3) is 0.182. The number of ether oxygens (including phenoxy) is 1. The average Bonchev–Trinajstić information content (AvgIpc) is 2.33. The van der Waals surface area contributed by atoms with Gasteiger partial charge in [-0.15, -0.1) is 0 Å². The molecule has 0 aliphatic heterocycles. The van der Waals surface area contributed by atoms with Crippen LogP contribution in [0.3, 0.4) is 0 Å². The number of methoxy groups -OCH3 is 1. The number of aromatic nitrogens is 3. The Balaban J connectivity index is 2.11. The van der Waals surface area contributed by atoms with Gasteiger partial charge in [0.1, 0.15) is 0 Å². The van der Waals surface area contributed by atoms with Crippen molar-refractivity contribution in [3.8, 4) is 5.88 Å². The van der Waals surface area contributed by atoms with Crippen molar-refractivity contribution in [3.63, 3.8) is 0 Å². The summed E-state index contributed by atoms with van der Waals surface area (Å²) in [7, 11) is 1.58. The van der Waals surface area contributed by atoms with Crippen LogP contribution < -0.4 is 10.1 Å². The van der Waals surface area contributed by atoms with Gasteiger partial charge < -0.3 is 10.1 Å².